The van der Waals surface area contributed by atoms with Crippen LogP contribution in [-0.2, 0) is 16.2 Å². The van der Waals surface area contributed by atoms with Crippen LogP contribution >= 0.6 is 0 Å². The van der Waals surface area contributed by atoms with Crippen LogP contribution in [0.15, 0.2) is 94.9 Å². The molecule has 1 heterocycles. The molecule has 0 saturated carbocycles. The number of nitrogens with one attached hydrogen (secondary N) is 1. The lowest BCUT2D eigenvalue weighted by atomic mass is 10.1. The first-order valence-electron chi connectivity index (χ1n) is 10.3. The molecule has 8 heteroatoms. The molecule has 0 radical (unpaired) electrons. The molecule has 166 valence electrons. The van der Waals surface area contributed by atoms with Gasteiger partial charge in [0.05, 0.1) is 16.6 Å². The predicted octanol–water partition coefficient (Wildman–Crippen LogP) is 3.49. The summed E-state index contributed by atoms with van der Waals surface area (Å²) in [5.74, 6) is 0.312. The average molecular weight is 442 g/mol. The van der Waals surface area contributed by atoms with Crippen LogP contribution in [0.5, 0.6) is 5.75 Å². The number of benzene rings is 3. The van der Waals surface area contributed by atoms with Crippen molar-refractivity contribution < 1.29 is 14.4 Å². The topological polar surface area (TPSA) is 94.8 Å². The number of hydrogen-bond acceptors (Lipinski definition) is 6. The van der Waals surface area contributed by atoms with Crippen molar-refractivity contribution in [1.29, 1.82) is 0 Å². The Morgan fingerprint density at radius 1 is 0.970 bits per heavy atom. The number of hydrogen-bond donors (Lipinski definition) is 1. The SMILES string of the molecule is C/C(=N\OCC(=O)Nn1c(COc2ccccc2)nc2ccccc2c1=O)c1ccccc1. The Bertz CT molecular complexity index is 1340. The minimum Gasteiger partial charge on any atom is -0.486 e. The number of oxime groups is 1. The molecule has 0 unspecified atom stereocenters. The fourth-order valence-corrected chi connectivity index (χ4v) is 3.13. The van der Waals surface area contributed by atoms with E-state index < -0.39 is 11.5 Å². The van der Waals surface area contributed by atoms with Gasteiger partial charge in [-0.15, -0.1) is 0 Å². The number of carbonyl (C=O) groups excluding carboxylic acids is 1. The highest BCUT2D eigenvalue weighted by Crippen LogP contribution is 2.12. The van der Waals surface area contributed by atoms with Gasteiger partial charge in [0.2, 0.25) is 0 Å². The van der Waals surface area contributed by atoms with Crippen LogP contribution in [-0.4, -0.2) is 27.9 Å². The maximum absolute atomic E-state index is 13.0. The Balaban J connectivity index is 1.52. The molecule has 4 aromatic rings. The van der Waals surface area contributed by atoms with E-state index in [4.69, 9.17) is 9.57 Å². The second-order valence-electron chi connectivity index (χ2n) is 7.14. The quantitative estimate of drug-likeness (QED) is 0.333. The maximum atomic E-state index is 13.0. The first-order valence-corrected chi connectivity index (χ1v) is 10.3. The van der Waals surface area contributed by atoms with Crippen molar-refractivity contribution in [3.8, 4) is 5.75 Å². The monoisotopic (exact) mass is 442 g/mol. The fourth-order valence-electron chi connectivity index (χ4n) is 3.13. The molecule has 0 fully saturated rings. The van der Waals surface area contributed by atoms with E-state index in [1.54, 1.807) is 43.3 Å². The Labute approximate surface area is 190 Å². The smallest absolute Gasteiger partial charge is 0.280 e. The molecule has 0 bridgehead atoms. The Morgan fingerprint density at radius 2 is 1.64 bits per heavy atom. The van der Waals surface area contributed by atoms with Crippen LogP contribution in [0, 0.1) is 0 Å². The van der Waals surface area contributed by atoms with Gasteiger partial charge in [-0.2, -0.15) is 4.68 Å². The molecule has 3 aromatic carbocycles. The summed E-state index contributed by atoms with van der Waals surface area (Å²) in [6.45, 7) is 1.39. The predicted molar refractivity (Wildman–Crippen MR) is 126 cm³/mol. The standard InChI is InChI=1S/C25H22N4O4/c1-18(19-10-4-2-5-11-19)28-33-17-24(30)27-29-23(16-32-20-12-6-3-7-13-20)26-22-15-9-8-14-21(22)25(29)31/h2-15H,16-17H2,1H3,(H,27,30)/b28-18+. The van der Waals surface area contributed by atoms with Crippen molar-refractivity contribution in [2.24, 2.45) is 5.16 Å². The molecule has 0 saturated heterocycles. The number of nitrogens with zero attached hydrogens (tertiary/aromatic N) is 3. The number of rotatable bonds is 8. The van der Waals surface area contributed by atoms with Crippen LogP contribution in [0.2, 0.25) is 0 Å². The Morgan fingerprint density at radius 3 is 2.39 bits per heavy atom. The van der Waals surface area contributed by atoms with Crippen LogP contribution in [0.4, 0.5) is 0 Å². The number of amides is 1. The Kier molecular flexibility index (Phi) is 6.75. The summed E-state index contributed by atoms with van der Waals surface area (Å²) in [5, 5.41) is 4.35. The summed E-state index contributed by atoms with van der Waals surface area (Å²) in [6, 6.07) is 25.5. The summed E-state index contributed by atoms with van der Waals surface area (Å²) in [5.41, 5.74) is 4.16. The number of carbonyl (C=O) groups is 1. The minimum atomic E-state index is -0.556. The molecule has 0 aliphatic heterocycles. The molecule has 0 spiro atoms. The number of fused-ring (bicyclic) bond motifs is 1. The third-order valence-corrected chi connectivity index (χ3v) is 4.78. The van der Waals surface area contributed by atoms with Crippen LogP contribution in [0.25, 0.3) is 10.9 Å². The van der Waals surface area contributed by atoms with E-state index in [2.05, 4.69) is 15.6 Å². The fraction of sp³-hybridized carbons (Fsp3) is 0.120. The molecule has 1 amide bonds. The lowest BCUT2D eigenvalue weighted by Crippen LogP contribution is -2.38. The van der Waals surface area contributed by atoms with Crippen LogP contribution in [0.3, 0.4) is 0 Å². The average Bonchev–Trinajstić information content (AvgIpc) is 2.86. The molecule has 8 nitrogen and oxygen atoms in total. The zero-order valence-corrected chi connectivity index (χ0v) is 18.0. The highest BCUT2D eigenvalue weighted by molar-refractivity contribution is 5.98. The largest absolute Gasteiger partial charge is 0.486 e. The normalized spacial score (nSPS) is 11.2. The maximum Gasteiger partial charge on any atom is 0.280 e. The van der Waals surface area contributed by atoms with Gasteiger partial charge in [-0.25, -0.2) is 4.98 Å². The van der Waals surface area contributed by atoms with Gasteiger partial charge in [0.1, 0.15) is 12.4 Å². The molecule has 33 heavy (non-hydrogen) atoms. The van der Waals surface area contributed by atoms with Crippen LogP contribution < -0.4 is 15.7 Å². The third kappa shape index (κ3) is 5.43. The Hall–Kier alpha value is -4.46. The number of para-hydroxylation sites is 2. The molecular weight excluding hydrogens is 420 g/mol. The molecule has 4 rings (SSSR count). The van der Waals surface area contributed by atoms with E-state index in [0.29, 0.717) is 22.4 Å². The van der Waals surface area contributed by atoms with Gasteiger partial charge in [0.15, 0.2) is 12.4 Å². The van der Waals surface area contributed by atoms with Crippen molar-refractivity contribution in [2.75, 3.05) is 12.0 Å². The lowest BCUT2D eigenvalue weighted by Gasteiger charge is -2.15. The zero-order chi connectivity index (χ0) is 23.0. The van der Waals surface area contributed by atoms with Gasteiger partial charge in [0.25, 0.3) is 11.5 Å². The van der Waals surface area contributed by atoms with Crippen molar-refractivity contribution in [2.45, 2.75) is 13.5 Å². The van der Waals surface area contributed by atoms with Crippen molar-refractivity contribution in [1.82, 2.24) is 9.66 Å². The van der Waals surface area contributed by atoms with Gasteiger partial charge in [-0.3, -0.25) is 15.0 Å². The van der Waals surface area contributed by atoms with E-state index in [0.717, 1.165) is 10.2 Å². The lowest BCUT2D eigenvalue weighted by molar-refractivity contribution is -0.121. The first kappa shape index (κ1) is 21.8. The van der Waals surface area contributed by atoms with E-state index in [1.807, 2.05) is 48.5 Å². The van der Waals surface area contributed by atoms with Gasteiger partial charge in [0, 0.05) is 0 Å². The third-order valence-electron chi connectivity index (χ3n) is 4.78. The summed E-state index contributed by atoms with van der Waals surface area (Å²) in [7, 11) is 0. The molecule has 1 aromatic heterocycles. The number of ether oxygens (including phenoxy) is 1. The van der Waals surface area contributed by atoms with E-state index >= 15 is 0 Å². The summed E-state index contributed by atoms with van der Waals surface area (Å²) in [6.07, 6.45) is 0. The molecular formula is C25H22N4O4. The summed E-state index contributed by atoms with van der Waals surface area (Å²) in [4.78, 5) is 35.3. The second kappa shape index (κ2) is 10.2. The summed E-state index contributed by atoms with van der Waals surface area (Å²) >= 11 is 0. The van der Waals surface area contributed by atoms with Gasteiger partial charge in [-0.05, 0) is 36.8 Å². The van der Waals surface area contributed by atoms with Crippen molar-refractivity contribution in [3.63, 3.8) is 0 Å². The van der Waals surface area contributed by atoms with Crippen molar-refractivity contribution in [3.05, 3.63) is 107 Å². The van der Waals surface area contributed by atoms with Gasteiger partial charge in [-0.1, -0.05) is 65.8 Å². The first-order chi connectivity index (χ1) is 16.1. The molecule has 1 N–H and O–H groups in total. The molecule has 0 atom stereocenters. The molecule has 0 aliphatic carbocycles. The van der Waals surface area contributed by atoms with Gasteiger partial charge < -0.3 is 9.57 Å². The van der Waals surface area contributed by atoms with E-state index in [-0.39, 0.29) is 19.0 Å². The van der Waals surface area contributed by atoms with E-state index in [9.17, 15) is 9.59 Å². The van der Waals surface area contributed by atoms with Gasteiger partial charge >= 0.3 is 0 Å². The molecule has 0 aliphatic rings. The summed E-state index contributed by atoms with van der Waals surface area (Å²) < 4.78 is 6.84. The van der Waals surface area contributed by atoms with Crippen LogP contribution in [0.1, 0.15) is 18.3 Å². The van der Waals surface area contributed by atoms with Crippen molar-refractivity contribution >= 4 is 22.5 Å². The highest BCUT2D eigenvalue weighted by Gasteiger charge is 2.14. The second-order valence-corrected chi connectivity index (χ2v) is 7.14. The zero-order valence-electron chi connectivity index (χ0n) is 18.0. The minimum absolute atomic E-state index is 0.0174. The highest BCUT2D eigenvalue weighted by atomic mass is 16.6. The number of aromatic nitrogens is 2. The van der Waals surface area contributed by atoms with E-state index in [1.165, 1.54) is 0 Å².